The molecule has 1 unspecified atom stereocenters. The predicted octanol–water partition coefficient (Wildman–Crippen LogP) is 2.13. The van der Waals surface area contributed by atoms with Gasteiger partial charge in [-0.15, -0.1) is 0 Å². The van der Waals surface area contributed by atoms with Crippen molar-refractivity contribution in [3.8, 4) is 0 Å². The number of nitrogens with zero attached hydrogens (tertiary/aromatic N) is 2. The Morgan fingerprint density at radius 2 is 2.15 bits per heavy atom. The lowest BCUT2D eigenvalue weighted by atomic mass is 9.93. The van der Waals surface area contributed by atoms with Gasteiger partial charge in [-0.2, -0.15) is 0 Å². The highest BCUT2D eigenvalue weighted by Gasteiger charge is 2.22. The monoisotopic (exact) mass is 318 g/mol. The van der Waals surface area contributed by atoms with Crippen molar-refractivity contribution in [2.75, 3.05) is 17.3 Å². The van der Waals surface area contributed by atoms with Crippen molar-refractivity contribution in [2.45, 2.75) is 44.8 Å². The van der Waals surface area contributed by atoms with Gasteiger partial charge in [0.15, 0.2) is 5.16 Å². The van der Waals surface area contributed by atoms with Crippen LogP contribution in [0.3, 0.4) is 0 Å². The molecule has 1 N–H and O–H groups in total. The Kier molecular flexibility index (Phi) is 6.26. The summed E-state index contributed by atoms with van der Waals surface area (Å²) in [6.45, 7) is 8.76. The largest absolute Gasteiger partial charge is 0.481 e. The smallest absolute Gasteiger partial charge is 0.313 e. The predicted molar refractivity (Wildman–Crippen MR) is 82.8 cm³/mol. The summed E-state index contributed by atoms with van der Waals surface area (Å²) >= 11 is 1.20. The molecule has 1 aromatic heterocycles. The van der Waals surface area contributed by atoms with Gasteiger partial charge >= 0.3 is 5.97 Å². The van der Waals surface area contributed by atoms with E-state index in [4.69, 9.17) is 5.11 Å². The van der Waals surface area contributed by atoms with E-state index >= 15 is 0 Å². The summed E-state index contributed by atoms with van der Waals surface area (Å²) in [6.07, 6.45) is 1.79. The number of carbonyl (C=O) groups is 1. The van der Waals surface area contributed by atoms with E-state index in [0.29, 0.717) is 23.2 Å². The molecule has 0 aliphatic carbocycles. The Bertz CT molecular complexity index is 492. The molecular formula is C13H22N2O3S2. The molecule has 7 heteroatoms. The highest BCUT2D eigenvalue weighted by atomic mass is 32.2. The van der Waals surface area contributed by atoms with Crippen molar-refractivity contribution in [2.24, 2.45) is 0 Å². The summed E-state index contributed by atoms with van der Waals surface area (Å²) in [7, 11) is -0.842. The summed E-state index contributed by atoms with van der Waals surface area (Å²) in [4.78, 5) is 15.0. The number of hydrogen-bond acceptors (Lipinski definition) is 4. The van der Waals surface area contributed by atoms with Crippen LogP contribution in [0, 0.1) is 0 Å². The standard InChI is InChI=1S/C13H22N2O3S2/c1-5-20(18)7-6-15-10(13(2,3)4)8-14-12(15)19-9-11(16)17/h8H,5-7,9H2,1-4H3,(H,16,17). The minimum Gasteiger partial charge on any atom is -0.481 e. The van der Waals surface area contributed by atoms with E-state index < -0.39 is 16.8 Å². The van der Waals surface area contributed by atoms with Gasteiger partial charge in [-0.25, -0.2) is 4.98 Å². The normalized spacial score (nSPS) is 13.4. The van der Waals surface area contributed by atoms with Crippen LogP contribution < -0.4 is 0 Å². The molecule has 0 amide bonds. The maximum Gasteiger partial charge on any atom is 0.313 e. The summed E-state index contributed by atoms with van der Waals surface area (Å²) in [5, 5.41) is 9.47. The van der Waals surface area contributed by atoms with Crippen LogP contribution in [0.2, 0.25) is 0 Å². The fourth-order valence-corrected chi connectivity index (χ4v) is 3.15. The Labute approximate surface area is 126 Å². The molecule has 0 bridgehead atoms. The molecule has 0 spiro atoms. The van der Waals surface area contributed by atoms with E-state index in [1.807, 2.05) is 11.5 Å². The lowest BCUT2D eigenvalue weighted by molar-refractivity contribution is -0.133. The zero-order valence-corrected chi connectivity index (χ0v) is 14.0. The topological polar surface area (TPSA) is 72.2 Å². The Morgan fingerprint density at radius 3 is 2.65 bits per heavy atom. The molecule has 114 valence electrons. The van der Waals surface area contributed by atoms with E-state index in [9.17, 15) is 9.00 Å². The summed E-state index contributed by atoms with van der Waals surface area (Å²) < 4.78 is 13.6. The number of imidazole rings is 1. The molecule has 0 fully saturated rings. The van der Waals surface area contributed by atoms with Gasteiger partial charge in [-0.3, -0.25) is 9.00 Å². The molecule has 0 aromatic carbocycles. The van der Waals surface area contributed by atoms with Crippen molar-refractivity contribution in [3.05, 3.63) is 11.9 Å². The number of carboxylic acid groups (broad SMARTS) is 1. The average molecular weight is 318 g/mol. The fourth-order valence-electron chi connectivity index (χ4n) is 1.75. The van der Waals surface area contributed by atoms with Gasteiger partial charge in [0, 0.05) is 46.2 Å². The SMILES string of the molecule is CCS(=O)CCn1c(C(C)(C)C)cnc1SCC(=O)O. The molecule has 0 aliphatic rings. The first-order chi connectivity index (χ1) is 9.25. The molecule has 1 atom stereocenters. The van der Waals surface area contributed by atoms with Crippen LogP contribution in [0.15, 0.2) is 11.4 Å². The van der Waals surface area contributed by atoms with Gasteiger partial charge < -0.3 is 9.67 Å². The Morgan fingerprint density at radius 1 is 1.50 bits per heavy atom. The third kappa shape index (κ3) is 4.94. The lowest BCUT2D eigenvalue weighted by Crippen LogP contribution is -2.20. The maximum absolute atomic E-state index is 11.6. The summed E-state index contributed by atoms with van der Waals surface area (Å²) in [5.74, 6) is 0.324. The number of hydrogen-bond donors (Lipinski definition) is 1. The third-order valence-corrected chi connectivity index (χ3v) is 5.03. The number of aliphatic carboxylic acids is 1. The van der Waals surface area contributed by atoms with Crippen LogP contribution >= 0.6 is 11.8 Å². The first kappa shape index (κ1) is 17.2. The summed E-state index contributed by atoms with van der Waals surface area (Å²) in [6, 6.07) is 0. The second-order valence-corrected chi connectivity index (χ2v) is 8.25. The van der Waals surface area contributed by atoms with E-state index in [0.717, 1.165) is 5.69 Å². The molecule has 1 aromatic rings. The van der Waals surface area contributed by atoms with E-state index in [1.165, 1.54) is 11.8 Å². The first-order valence-corrected chi connectivity index (χ1v) is 8.98. The van der Waals surface area contributed by atoms with Gasteiger partial charge in [-0.1, -0.05) is 39.5 Å². The van der Waals surface area contributed by atoms with Crippen LogP contribution in [-0.4, -0.2) is 42.1 Å². The van der Waals surface area contributed by atoms with Crippen LogP contribution in [0.25, 0.3) is 0 Å². The van der Waals surface area contributed by atoms with Crippen LogP contribution in [0.5, 0.6) is 0 Å². The fraction of sp³-hybridized carbons (Fsp3) is 0.692. The van der Waals surface area contributed by atoms with Crippen molar-refractivity contribution >= 4 is 28.5 Å². The van der Waals surface area contributed by atoms with E-state index in [2.05, 4.69) is 25.8 Å². The zero-order chi connectivity index (χ0) is 15.3. The quantitative estimate of drug-likeness (QED) is 0.780. The first-order valence-electron chi connectivity index (χ1n) is 6.51. The van der Waals surface area contributed by atoms with Crippen molar-refractivity contribution in [1.82, 2.24) is 9.55 Å². The zero-order valence-electron chi connectivity index (χ0n) is 12.4. The van der Waals surface area contributed by atoms with Gasteiger partial charge in [0.05, 0.1) is 5.75 Å². The molecule has 0 aliphatic heterocycles. The number of aromatic nitrogens is 2. The molecule has 20 heavy (non-hydrogen) atoms. The van der Waals surface area contributed by atoms with Crippen LogP contribution in [0.4, 0.5) is 0 Å². The van der Waals surface area contributed by atoms with Crippen molar-refractivity contribution < 1.29 is 14.1 Å². The van der Waals surface area contributed by atoms with Crippen LogP contribution in [-0.2, 0) is 27.6 Å². The number of rotatable bonds is 7. The molecule has 1 heterocycles. The average Bonchev–Trinajstić information content (AvgIpc) is 2.76. The Balaban J connectivity index is 2.96. The molecule has 1 rings (SSSR count). The third-order valence-electron chi connectivity index (χ3n) is 2.78. The molecule has 0 saturated heterocycles. The second-order valence-electron chi connectivity index (χ2n) is 5.44. The minimum atomic E-state index is -0.862. The molecule has 0 radical (unpaired) electrons. The highest BCUT2D eigenvalue weighted by Crippen LogP contribution is 2.27. The maximum atomic E-state index is 11.6. The number of carboxylic acids is 1. The molecule has 0 saturated carbocycles. The van der Waals surface area contributed by atoms with Gasteiger partial charge in [0.2, 0.25) is 0 Å². The van der Waals surface area contributed by atoms with Gasteiger partial charge in [0.1, 0.15) is 0 Å². The van der Waals surface area contributed by atoms with Gasteiger partial charge in [-0.05, 0) is 0 Å². The summed E-state index contributed by atoms with van der Waals surface area (Å²) in [5.41, 5.74) is 0.960. The Hall–Kier alpha value is -0.820. The van der Waals surface area contributed by atoms with Crippen LogP contribution in [0.1, 0.15) is 33.4 Å². The molecule has 5 nitrogen and oxygen atoms in total. The van der Waals surface area contributed by atoms with Crippen molar-refractivity contribution in [3.63, 3.8) is 0 Å². The van der Waals surface area contributed by atoms with Crippen molar-refractivity contribution in [1.29, 1.82) is 0 Å². The van der Waals surface area contributed by atoms with E-state index in [1.54, 1.807) is 6.20 Å². The molecular weight excluding hydrogens is 296 g/mol. The van der Waals surface area contributed by atoms with Gasteiger partial charge in [0.25, 0.3) is 0 Å². The highest BCUT2D eigenvalue weighted by molar-refractivity contribution is 7.99. The lowest BCUT2D eigenvalue weighted by Gasteiger charge is -2.21. The second kappa shape index (κ2) is 7.26. The minimum absolute atomic E-state index is 0.0164. The van der Waals surface area contributed by atoms with E-state index in [-0.39, 0.29) is 11.2 Å². The number of thioether (sulfide) groups is 1.